The number of ether oxygens (including phenoxy) is 4. The molecule has 0 amide bonds. The van der Waals surface area contributed by atoms with Gasteiger partial charge in [0.05, 0.1) is 38.6 Å². The van der Waals surface area contributed by atoms with Gasteiger partial charge in [-0.1, -0.05) is 13.8 Å². The SMILES string of the molecule is CCC(CCC(CC)OCC1CO1)OCC1CO1. The van der Waals surface area contributed by atoms with Crippen LogP contribution in [0.25, 0.3) is 0 Å². The van der Waals surface area contributed by atoms with Crippen LogP contribution in [0.15, 0.2) is 0 Å². The Kier molecular flexibility index (Phi) is 5.89. The van der Waals surface area contributed by atoms with E-state index in [9.17, 15) is 0 Å². The third-order valence-corrected chi connectivity index (χ3v) is 3.56. The van der Waals surface area contributed by atoms with Crippen molar-refractivity contribution in [1.82, 2.24) is 0 Å². The highest BCUT2D eigenvalue weighted by atomic mass is 16.6. The molecule has 0 radical (unpaired) electrons. The maximum Gasteiger partial charge on any atom is 0.104 e. The second-order valence-corrected chi connectivity index (χ2v) is 5.22. The van der Waals surface area contributed by atoms with Gasteiger partial charge in [-0.2, -0.15) is 0 Å². The summed E-state index contributed by atoms with van der Waals surface area (Å²) in [6.07, 6.45) is 5.71. The Balaban J connectivity index is 1.55. The highest BCUT2D eigenvalue weighted by molar-refractivity contribution is 4.71. The molecule has 18 heavy (non-hydrogen) atoms. The van der Waals surface area contributed by atoms with E-state index in [0.717, 1.165) is 52.1 Å². The molecule has 0 bridgehead atoms. The highest BCUT2D eigenvalue weighted by Crippen LogP contribution is 2.18. The van der Waals surface area contributed by atoms with E-state index in [0.29, 0.717) is 24.4 Å². The molecule has 0 aliphatic carbocycles. The van der Waals surface area contributed by atoms with Crippen molar-refractivity contribution < 1.29 is 18.9 Å². The van der Waals surface area contributed by atoms with Crippen LogP contribution in [-0.4, -0.2) is 50.8 Å². The Bertz CT molecular complexity index is 202. The van der Waals surface area contributed by atoms with Crippen LogP contribution in [-0.2, 0) is 18.9 Å². The van der Waals surface area contributed by atoms with E-state index in [4.69, 9.17) is 18.9 Å². The van der Waals surface area contributed by atoms with Gasteiger partial charge >= 0.3 is 0 Å². The van der Waals surface area contributed by atoms with E-state index >= 15 is 0 Å². The molecule has 4 nitrogen and oxygen atoms in total. The summed E-state index contributed by atoms with van der Waals surface area (Å²) in [4.78, 5) is 0. The largest absolute Gasteiger partial charge is 0.375 e. The first-order valence-corrected chi connectivity index (χ1v) is 7.28. The van der Waals surface area contributed by atoms with Crippen molar-refractivity contribution in [3.05, 3.63) is 0 Å². The summed E-state index contributed by atoms with van der Waals surface area (Å²) in [5.41, 5.74) is 0. The summed E-state index contributed by atoms with van der Waals surface area (Å²) in [6, 6.07) is 0. The van der Waals surface area contributed by atoms with Crippen LogP contribution in [0.5, 0.6) is 0 Å². The van der Waals surface area contributed by atoms with E-state index in [1.54, 1.807) is 0 Å². The Morgan fingerprint density at radius 1 is 0.889 bits per heavy atom. The summed E-state index contributed by atoms with van der Waals surface area (Å²) in [5, 5.41) is 0. The zero-order chi connectivity index (χ0) is 12.8. The number of rotatable bonds is 11. The molecule has 4 atom stereocenters. The summed E-state index contributed by atoms with van der Waals surface area (Å²) in [7, 11) is 0. The number of hydrogen-bond acceptors (Lipinski definition) is 4. The molecule has 0 aromatic carbocycles. The Hall–Kier alpha value is -0.160. The lowest BCUT2D eigenvalue weighted by Crippen LogP contribution is -2.21. The minimum absolute atomic E-state index is 0.351. The van der Waals surface area contributed by atoms with Gasteiger partial charge in [0.2, 0.25) is 0 Å². The van der Waals surface area contributed by atoms with E-state index < -0.39 is 0 Å². The van der Waals surface area contributed by atoms with Gasteiger partial charge in [0.15, 0.2) is 0 Å². The molecule has 4 unspecified atom stereocenters. The molecule has 0 saturated carbocycles. The maximum atomic E-state index is 5.84. The molecule has 2 saturated heterocycles. The molecule has 2 aliphatic rings. The first kappa shape index (κ1) is 14.3. The Morgan fingerprint density at radius 3 is 1.56 bits per heavy atom. The van der Waals surface area contributed by atoms with Gasteiger partial charge in [0, 0.05) is 0 Å². The van der Waals surface area contributed by atoms with E-state index in [1.165, 1.54) is 0 Å². The smallest absolute Gasteiger partial charge is 0.104 e. The molecule has 2 rings (SSSR count). The van der Waals surface area contributed by atoms with Gasteiger partial charge < -0.3 is 18.9 Å². The molecule has 2 heterocycles. The van der Waals surface area contributed by atoms with Crippen molar-refractivity contribution >= 4 is 0 Å². The summed E-state index contributed by atoms with van der Waals surface area (Å²) in [5.74, 6) is 0. The molecule has 0 aromatic heterocycles. The molecule has 106 valence electrons. The summed E-state index contributed by atoms with van der Waals surface area (Å²) >= 11 is 0. The van der Waals surface area contributed by atoms with Gasteiger partial charge in [-0.25, -0.2) is 0 Å². The fourth-order valence-electron chi connectivity index (χ4n) is 2.00. The lowest BCUT2D eigenvalue weighted by atomic mass is 10.1. The van der Waals surface area contributed by atoms with Crippen LogP contribution < -0.4 is 0 Å². The lowest BCUT2D eigenvalue weighted by Gasteiger charge is -2.20. The molecule has 2 aliphatic heterocycles. The zero-order valence-corrected chi connectivity index (χ0v) is 11.6. The van der Waals surface area contributed by atoms with Gasteiger partial charge in [0.25, 0.3) is 0 Å². The van der Waals surface area contributed by atoms with Crippen LogP contribution in [0.2, 0.25) is 0 Å². The van der Waals surface area contributed by atoms with Crippen molar-refractivity contribution in [3.8, 4) is 0 Å². The molecule has 2 fully saturated rings. The molecule has 0 N–H and O–H groups in total. The van der Waals surface area contributed by atoms with E-state index in [-0.39, 0.29) is 0 Å². The van der Waals surface area contributed by atoms with Gasteiger partial charge in [-0.3, -0.25) is 0 Å². The molecule has 0 aromatic rings. The molecule has 0 spiro atoms. The predicted molar refractivity (Wildman–Crippen MR) is 68.8 cm³/mol. The van der Waals surface area contributed by atoms with Crippen molar-refractivity contribution in [2.75, 3.05) is 26.4 Å². The van der Waals surface area contributed by atoms with Crippen LogP contribution in [0.3, 0.4) is 0 Å². The van der Waals surface area contributed by atoms with Crippen molar-refractivity contribution in [2.24, 2.45) is 0 Å². The first-order chi connectivity index (χ1) is 8.81. The van der Waals surface area contributed by atoms with Crippen molar-refractivity contribution in [2.45, 2.75) is 63.9 Å². The van der Waals surface area contributed by atoms with Gasteiger partial charge in [-0.15, -0.1) is 0 Å². The third kappa shape index (κ3) is 5.65. The van der Waals surface area contributed by atoms with E-state index in [2.05, 4.69) is 13.8 Å². The summed E-state index contributed by atoms with van der Waals surface area (Å²) in [6.45, 7) is 7.62. The number of epoxide rings is 2. The number of hydrogen-bond donors (Lipinski definition) is 0. The predicted octanol–water partition coefficient (Wildman–Crippen LogP) is 2.15. The van der Waals surface area contributed by atoms with Crippen LogP contribution in [0.4, 0.5) is 0 Å². The fourth-order valence-corrected chi connectivity index (χ4v) is 2.00. The minimum atomic E-state index is 0.351. The van der Waals surface area contributed by atoms with E-state index in [1.807, 2.05) is 0 Å². The average molecular weight is 258 g/mol. The van der Waals surface area contributed by atoms with Gasteiger partial charge in [0.1, 0.15) is 12.2 Å². The average Bonchev–Trinajstić information content (AvgIpc) is 3.27. The van der Waals surface area contributed by atoms with Gasteiger partial charge in [-0.05, 0) is 25.7 Å². The normalized spacial score (nSPS) is 29.0. The van der Waals surface area contributed by atoms with Crippen LogP contribution in [0, 0.1) is 0 Å². The topological polar surface area (TPSA) is 43.5 Å². The fraction of sp³-hybridized carbons (Fsp3) is 1.00. The molecular weight excluding hydrogens is 232 g/mol. The molecule has 4 heteroatoms. The summed E-state index contributed by atoms with van der Waals surface area (Å²) < 4.78 is 22.0. The highest BCUT2D eigenvalue weighted by Gasteiger charge is 2.25. The molecular formula is C14H26O4. The monoisotopic (exact) mass is 258 g/mol. The Morgan fingerprint density at radius 2 is 1.28 bits per heavy atom. The second kappa shape index (κ2) is 7.43. The van der Waals surface area contributed by atoms with Crippen molar-refractivity contribution in [3.63, 3.8) is 0 Å². The van der Waals surface area contributed by atoms with Crippen LogP contribution >= 0.6 is 0 Å². The Labute approximate surface area is 110 Å². The standard InChI is InChI=1S/C14H26O4/c1-3-11(15-7-13-9-17-13)5-6-12(4-2)16-8-14-10-18-14/h11-14H,3-10H2,1-2H3. The maximum absolute atomic E-state index is 5.84. The zero-order valence-electron chi connectivity index (χ0n) is 11.6. The first-order valence-electron chi connectivity index (χ1n) is 7.28. The quantitative estimate of drug-likeness (QED) is 0.533. The van der Waals surface area contributed by atoms with Crippen molar-refractivity contribution in [1.29, 1.82) is 0 Å². The second-order valence-electron chi connectivity index (χ2n) is 5.22. The lowest BCUT2D eigenvalue weighted by molar-refractivity contribution is 0.00158. The van der Waals surface area contributed by atoms with Crippen LogP contribution in [0.1, 0.15) is 39.5 Å². The minimum Gasteiger partial charge on any atom is -0.375 e. The third-order valence-electron chi connectivity index (χ3n) is 3.56.